The topological polar surface area (TPSA) is 41.9 Å². The zero-order valence-corrected chi connectivity index (χ0v) is 10.3. The van der Waals surface area contributed by atoms with Gasteiger partial charge in [-0.2, -0.15) is 0 Å². The molecule has 0 aromatic rings. The quantitative estimate of drug-likeness (QED) is 0.762. The van der Waals surface area contributed by atoms with E-state index >= 15 is 0 Å². The smallest absolute Gasteiger partial charge is 0.0971 e. The molecular formula is C12H23NO3. The summed E-state index contributed by atoms with van der Waals surface area (Å²) in [4.78, 5) is 2.36. The number of aliphatic hydroxyl groups excluding tert-OH is 1. The van der Waals surface area contributed by atoms with Crippen LogP contribution in [-0.4, -0.2) is 62.2 Å². The maximum atomic E-state index is 9.81. The number of rotatable bonds is 4. The molecule has 4 unspecified atom stereocenters. The van der Waals surface area contributed by atoms with Crippen LogP contribution in [0.25, 0.3) is 0 Å². The third-order valence-electron chi connectivity index (χ3n) is 4.01. The number of hydrogen-bond acceptors (Lipinski definition) is 4. The van der Waals surface area contributed by atoms with Crippen LogP contribution in [0.5, 0.6) is 0 Å². The van der Waals surface area contributed by atoms with E-state index in [1.807, 2.05) is 0 Å². The fourth-order valence-corrected chi connectivity index (χ4v) is 2.98. The highest BCUT2D eigenvalue weighted by atomic mass is 16.5. The number of likely N-dealkylation sites (tertiary alicyclic amines) is 1. The van der Waals surface area contributed by atoms with Gasteiger partial charge in [-0.1, -0.05) is 6.42 Å². The molecule has 16 heavy (non-hydrogen) atoms. The minimum Gasteiger partial charge on any atom is -0.393 e. The molecule has 0 bridgehead atoms. The van der Waals surface area contributed by atoms with Gasteiger partial charge in [0.1, 0.15) is 0 Å². The Bertz CT molecular complexity index is 212. The Labute approximate surface area is 97.5 Å². The number of aliphatic hydroxyl groups is 1. The van der Waals surface area contributed by atoms with Crippen molar-refractivity contribution >= 4 is 0 Å². The van der Waals surface area contributed by atoms with Crippen LogP contribution in [0.2, 0.25) is 0 Å². The molecule has 1 N–H and O–H groups in total. The molecule has 1 aliphatic heterocycles. The zero-order valence-electron chi connectivity index (χ0n) is 10.3. The SMILES string of the molecule is COC1CN(CC2CCCC2O)CC1OC. The van der Waals surface area contributed by atoms with Gasteiger partial charge >= 0.3 is 0 Å². The second kappa shape index (κ2) is 5.45. The van der Waals surface area contributed by atoms with Crippen molar-refractivity contribution in [3.05, 3.63) is 0 Å². The molecule has 4 heteroatoms. The molecule has 0 amide bonds. The molecule has 0 aromatic heterocycles. The first-order chi connectivity index (χ1) is 7.74. The van der Waals surface area contributed by atoms with Crippen molar-refractivity contribution in [1.82, 2.24) is 4.90 Å². The molecule has 2 fully saturated rings. The van der Waals surface area contributed by atoms with Crippen molar-refractivity contribution in [2.45, 2.75) is 37.6 Å². The number of methoxy groups -OCH3 is 2. The summed E-state index contributed by atoms with van der Waals surface area (Å²) in [5.41, 5.74) is 0. The number of nitrogens with zero attached hydrogens (tertiary/aromatic N) is 1. The molecule has 94 valence electrons. The van der Waals surface area contributed by atoms with Crippen LogP contribution in [0.4, 0.5) is 0 Å². The summed E-state index contributed by atoms with van der Waals surface area (Å²) in [6, 6.07) is 0. The largest absolute Gasteiger partial charge is 0.393 e. The van der Waals surface area contributed by atoms with Crippen LogP contribution in [0.3, 0.4) is 0 Å². The highest BCUT2D eigenvalue weighted by Crippen LogP contribution is 2.28. The van der Waals surface area contributed by atoms with E-state index in [0.29, 0.717) is 5.92 Å². The molecular weight excluding hydrogens is 206 g/mol. The van der Waals surface area contributed by atoms with Crippen molar-refractivity contribution < 1.29 is 14.6 Å². The summed E-state index contributed by atoms with van der Waals surface area (Å²) in [5.74, 6) is 0.452. The Hall–Kier alpha value is -0.160. The molecule has 1 saturated heterocycles. The molecule has 2 rings (SSSR count). The Morgan fingerprint density at radius 1 is 1.12 bits per heavy atom. The molecule has 4 atom stereocenters. The van der Waals surface area contributed by atoms with Crippen molar-refractivity contribution in [1.29, 1.82) is 0 Å². The Kier molecular flexibility index (Phi) is 4.19. The summed E-state index contributed by atoms with van der Waals surface area (Å²) >= 11 is 0. The summed E-state index contributed by atoms with van der Waals surface area (Å²) < 4.78 is 10.8. The third-order valence-corrected chi connectivity index (χ3v) is 4.01. The second-order valence-corrected chi connectivity index (χ2v) is 5.03. The number of hydrogen-bond donors (Lipinski definition) is 1. The van der Waals surface area contributed by atoms with Crippen LogP contribution in [-0.2, 0) is 9.47 Å². The highest BCUT2D eigenvalue weighted by Gasteiger charge is 2.35. The fraction of sp³-hybridized carbons (Fsp3) is 1.00. The van der Waals surface area contributed by atoms with E-state index in [1.165, 1.54) is 6.42 Å². The van der Waals surface area contributed by atoms with Crippen LogP contribution < -0.4 is 0 Å². The Morgan fingerprint density at radius 2 is 1.75 bits per heavy atom. The van der Waals surface area contributed by atoms with Crippen molar-refractivity contribution in [3.8, 4) is 0 Å². The molecule has 0 aromatic carbocycles. The zero-order chi connectivity index (χ0) is 11.5. The lowest BCUT2D eigenvalue weighted by atomic mass is 10.1. The molecule has 1 heterocycles. The van der Waals surface area contributed by atoms with E-state index in [4.69, 9.17) is 9.47 Å². The van der Waals surface area contributed by atoms with Crippen molar-refractivity contribution in [3.63, 3.8) is 0 Å². The summed E-state index contributed by atoms with van der Waals surface area (Å²) in [7, 11) is 3.48. The van der Waals surface area contributed by atoms with E-state index < -0.39 is 0 Å². The first kappa shape index (κ1) is 12.3. The second-order valence-electron chi connectivity index (χ2n) is 5.03. The molecule has 0 spiro atoms. The van der Waals surface area contributed by atoms with Gasteiger partial charge in [0.25, 0.3) is 0 Å². The van der Waals surface area contributed by atoms with Gasteiger partial charge in [0, 0.05) is 33.9 Å². The normalized spacial score (nSPS) is 40.7. The van der Waals surface area contributed by atoms with Gasteiger partial charge in [0.15, 0.2) is 0 Å². The predicted molar refractivity (Wildman–Crippen MR) is 61.4 cm³/mol. The third kappa shape index (κ3) is 2.56. The van der Waals surface area contributed by atoms with E-state index in [2.05, 4.69) is 4.90 Å². The van der Waals surface area contributed by atoms with E-state index in [-0.39, 0.29) is 18.3 Å². The molecule has 2 aliphatic rings. The van der Waals surface area contributed by atoms with E-state index in [1.54, 1.807) is 14.2 Å². The maximum absolute atomic E-state index is 9.81. The highest BCUT2D eigenvalue weighted by molar-refractivity contribution is 4.88. The van der Waals surface area contributed by atoms with Gasteiger partial charge in [-0.05, 0) is 18.8 Å². The first-order valence-electron chi connectivity index (χ1n) is 6.20. The van der Waals surface area contributed by atoms with Gasteiger partial charge in [-0.25, -0.2) is 0 Å². The predicted octanol–water partition coefficient (Wildman–Crippen LogP) is 0.493. The first-order valence-corrected chi connectivity index (χ1v) is 6.20. The summed E-state index contributed by atoms with van der Waals surface area (Å²) in [6.45, 7) is 2.84. The minimum atomic E-state index is -0.0948. The lowest BCUT2D eigenvalue weighted by molar-refractivity contribution is -0.00461. The van der Waals surface area contributed by atoms with E-state index in [9.17, 15) is 5.11 Å². The molecule has 0 radical (unpaired) electrons. The Morgan fingerprint density at radius 3 is 2.19 bits per heavy atom. The van der Waals surface area contributed by atoms with Crippen LogP contribution in [0.15, 0.2) is 0 Å². The Balaban J connectivity index is 1.83. The number of ether oxygens (including phenoxy) is 2. The summed E-state index contributed by atoms with van der Waals surface area (Å²) in [5, 5.41) is 9.81. The van der Waals surface area contributed by atoms with Crippen molar-refractivity contribution in [2.24, 2.45) is 5.92 Å². The maximum Gasteiger partial charge on any atom is 0.0971 e. The van der Waals surface area contributed by atoms with Crippen molar-refractivity contribution in [2.75, 3.05) is 33.9 Å². The summed E-state index contributed by atoms with van der Waals surface area (Å²) in [6.07, 6.45) is 3.57. The molecule has 1 saturated carbocycles. The average molecular weight is 229 g/mol. The fourth-order valence-electron chi connectivity index (χ4n) is 2.98. The van der Waals surface area contributed by atoms with E-state index in [0.717, 1.165) is 32.5 Å². The lowest BCUT2D eigenvalue weighted by Gasteiger charge is -2.22. The van der Waals surface area contributed by atoms with Gasteiger partial charge in [-0.3, -0.25) is 4.90 Å². The minimum absolute atomic E-state index is 0.0948. The van der Waals surface area contributed by atoms with Gasteiger partial charge < -0.3 is 14.6 Å². The van der Waals surface area contributed by atoms with Gasteiger partial charge in [0.05, 0.1) is 18.3 Å². The molecule has 1 aliphatic carbocycles. The van der Waals surface area contributed by atoms with Crippen LogP contribution in [0, 0.1) is 5.92 Å². The van der Waals surface area contributed by atoms with Gasteiger partial charge in [0.2, 0.25) is 0 Å². The van der Waals surface area contributed by atoms with Gasteiger partial charge in [-0.15, -0.1) is 0 Å². The standard InChI is InChI=1S/C12H23NO3/c1-15-11-7-13(8-12(11)16-2)6-9-4-3-5-10(9)14/h9-12,14H,3-8H2,1-2H3. The monoisotopic (exact) mass is 229 g/mol. The van der Waals surface area contributed by atoms with Crippen LogP contribution >= 0.6 is 0 Å². The molecule has 4 nitrogen and oxygen atoms in total. The van der Waals surface area contributed by atoms with Crippen LogP contribution in [0.1, 0.15) is 19.3 Å². The lowest BCUT2D eigenvalue weighted by Crippen LogP contribution is -2.32. The average Bonchev–Trinajstić information content (AvgIpc) is 2.86.